The second kappa shape index (κ2) is 6.44. The van der Waals surface area contributed by atoms with Crippen molar-refractivity contribution in [1.82, 2.24) is 0 Å². The zero-order chi connectivity index (χ0) is 14.4. The summed E-state index contributed by atoms with van der Waals surface area (Å²) in [5.41, 5.74) is 0.705. The summed E-state index contributed by atoms with van der Waals surface area (Å²) >= 11 is 0. The molecule has 0 saturated carbocycles. The van der Waals surface area contributed by atoms with Gasteiger partial charge in [0.25, 0.3) is 0 Å². The van der Waals surface area contributed by atoms with Gasteiger partial charge in [0.1, 0.15) is 11.5 Å². The molecule has 0 amide bonds. The van der Waals surface area contributed by atoms with Crippen LogP contribution in [0.4, 0.5) is 0 Å². The number of hydrogen-bond acceptors (Lipinski definition) is 3. The third-order valence-electron chi connectivity index (χ3n) is 2.57. The van der Waals surface area contributed by atoms with Crippen LogP contribution in [0.3, 0.4) is 0 Å². The number of carbonyl (C=O) groups excluding carboxylic acids is 1. The molecule has 0 saturated heterocycles. The van der Waals surface area contributed by atoms with Crippen LogP contribution in [0.2, 0.25) is 0 Å². The van der Waals surface area contributed by atoms with Crippen molar-refractivity contribution in [2.45, 2.75) is 13.0 Å². The Morgan fingerprint density at radius 2 is 1.80 bits per heavy atom. The smallest absolute Gasteiger partial charge is 0.304 e. The van der Waals surface area contributed by atoms with Gasteiger partial charge in [0, 0.05) is 12.5 Å². The fourth-order valence-corrected chi connectivity index (χ4v) is 1.73. The maximum atomic E-state index is 11.0. The molecule has 0 spiro atoms. The average molecular weight is 266 g/mol. The number of carbonyl (C=O) groups is 1. The first-order chi connectivity index (χ1) is 9.69. The van der Waals surface area contributed by atoms with Crippen LogP contribution in [0, 0.1) is 12.3 Å². The van der Waals surface area contributed by atoms with Gasteiger partial charge in [-0.1, -0.05) is 36.3 Å². The monoisotopic (exact) mass is 266 g/mol. The zero-order valence-corrected chi connectivity index (χ0v) is 11.1. The van der Waals surface area contributed by atoms with Crippen molar-refractivity contribution >= 4 is 5.97 Å². The Hall–Kier alpha value is -2.73. The normalized spacial score (nSPS) is 11.2. The Morgan fingerprint density at radius 3 is 2.45 bits per heavy atom. The lowest BCUT2D eigenvalue weighted by Gasteiger charge is -2.13. The Morgan fingerprint density at radius 1 is 1.10 bits per heavy atom. The molecule has 2 rings (SSSR count). The second-order valence-corrected chi connectivity index (χ2v) is 4.14. The summed E-state index contributed by atoms with van der Waals surface area (Å²) in [6.07, 6.45) is 4.69. The van der Waals surface area contributed by atoms with Crippen molar-refractivity contribution < 1.29 is 14.3 Å². The van der Waals surface area contributed by atoms with Crippen LogP contribution >= 0.6 is 0 Å². The van der Waals surface area contributed by atoms with Gasteiger partial charge in [0.05, 0.1) is 0 Å². The summed E-state index contributed by atoms with van der Waals surface area (Å²) < 4.78 is 10.8. The van der Waals surface area contributed by atoms with E-state index in [4.69, 9.17) is 15.9 Å². The largest absolute Gasteiger partial charge is 0.457 e. The van der Waals surface area contributed by atoms with Gasteiger partial charge in [-0.05, 0) is 24.3 Å². The molecule has 100 valence electrons. The molecule has 0 radical (unpaired) electrons. The van der Waals surface area contributed by atoms with Crippen molar-refractivity contribution in [2.24, 2.45) is 0 Å². The summed E-state index contributed by atoms with van der Waals surface area (Å²) in [6.45, 7) is 1.33. The number of hydrogen-bond donors (Lipinski definition) is 0. The third-order valence-corrected chi connectivity index (χ3v) is 2.57. The Bertz CT molecular complexity index is 626. The molecule has 20 heavy (non-hydrogen) atoms. The van der Waals surface area contributed by atoms with E-state index in [1.54, 1.807) is 18.2 Å². The molecule has 2 aromatic carbocycles. The van der Waals surface area contributed by atoms with E-state index in [1.165, 1.54) is 6.92 Å². The highest BCUT2D eigenvalue weighted by Gasteiger charge is 2.12. The Labute approximate surface area is 118 Å². The van der Waals surface area contributed by atoms with Crippen LogP contribution in [0.1, 0.15) is 18.6 Å². The topological polar surface area (TPSA) is 35.5 Å². The molecule has 3 heteroatoms. The highest BCUT2D eigenvalue weighted by Crippen LogP contribution is 2.25. The predicted molar refractivity (Wildman–Crippen MR) is 76.3 cm³/mol. The molecule has 0 unspecified atom stereocenters. The molecule has 0 heterocycles. The fraction of sp³-hybridized carbons (Fsp3) is 0.118. The SMILES string of the molecule is C#C[C@H](OC(C)=O)c1cccc(Oc2ccccc2)c1. The third kappa shape index (κ3) is 3.63. The number of esters is 1. The van der Waals surface area contributed by atoms with Crippen molar-refractivity contribution in [2.75, 3.05) is 0 Å². The zero-order valence-electron chi connectivity index (χ0n) is 11.1. The standard InChI is InChI=1S/C17H14O3/c1-3-17(19-13(2)18)14-8-7-11-16(12-14)20-15-9-5-4-6-10-15/h1,4-12,17H,2H3/t17-/m0/s1. The molecule has 1 atom stereocenters. The maximum Gasteiger partial charge on any atom is 0.304 e. The van der Waals surface area contributed by atoms with Crippen molar-refractivity contribution in [3.63, 3.8) is 0 Å². The van der Waals surface area contributed by atoms with Crippen LogP contribution in [0.15, 0.2) is 54.6 Å². The minimum atomic E-state index is -0.702. The number of rotatable bonds is 4. The average Bonchev–Trinajstić information content (AvgIpc) is 2.46. The van der Waals surface area contributed by atoms with E-state index in [1.807, 2.05) is 36.4 Å². The number of benzene rings is 2. The van der Waals surface area contributed by atoms with Gasteiger partial charge in [-0.3, -0.25) is 4.79 Å². The lowest BCUT2D eigenvalue weighted by atomic mass is 10.1. The highest BCUT2D eigenvalue weighted by atomic mass is 16.5. The van der Waals surface area contributed by atoms with E-state index >= 15 is 0 Å². The molecule has 0 aromatic heterocycles. The summed E-state index contributed by atoms with van der Waals surface area (Å²) in [7, 11) is 0. The summed E-state index contributed by atoms with van der Waals surface area (Å²) in [5, 5.41) is 0. The summed E-state index contributed by atoms with van der Waals surface area (Å²) in [4.78, 5) is 11.0. The molecular formula is C17H14O3. The van der Waals surface area contributed by atoms with Crippen LogP contribution in [-0.2, 0) is 9.53 Å². The van der Waals surface area contributed by atoms with Gasteiger partial charge < -0.3 is 9.47 Å². The molecular weight excluding hydrogens is 252 g/mol. The first-order valence-corrected chi connectivity index (χ1v) is 6.15. The first-order valence-electron chi connectivity index (χ1n) is 6.15. The lowest BCUT2D eigenvalue weighted by molar-refractivity contribution is -0.144. The Kier molecular flexibility index (Phi) is 4.41. The minimum Gasteiger partial charge on any atom is -0.457 e. The van der Waals surface area contributed by atoms with Crippen LogP contribution in [-0.4, -0.2) is 5.97 Å². The highest BCUT2D eigenvalue weighted by molar-refractivity contribution is 5.66. The molecule has 0 bridgehead atoms. The van der Waals surface area contributed by atoms with Crippen molar-refractivity contribution in [3.05, 3.63) is 60.2 Å². The van der Waals surface area contributed by atoms with Crippen LogP contribution < -0.4 is 4.74 Å². The van der Waals surface area contributed by atoms with Gasteiger partial charge in [0.15, 0.2) is 6.10 Å². The van der Waals surface area contributed by atoms with Crippen LogP contribution in [0.5, 0.6) is 11.5 Å². The van der Waals surface area contributed by atoms with E-state index in [2.05, 4.69) is 5.92 Å². The summed E-state index contributed by atoms with van der Waals surface area (Å²) in [5.74, 6) is 3.40. The van der Waals surface area contributed by atoms with Gasteiger partial charge in [-0.15, -0.1) is 6.42 Å². The quantitative estimate of drug-likeness (QED) is 0.625. The van der Waals surface area contributed by atoms with Crippen LogP contribution in [0.25, 0.3) is 0 Å². The number of ether oxygens (including phenoxy) is 2. The Balaban J connectivity index is 2.19. The number of terminal acetylenes is 1. The van der Waals surface area contributed by atoms with Gasteiger partial charge in [-0.2, -0.15) is 0 Å². The van der Waals surface area contributed by atoms with Crippen molar-refractivity contribution in [1.29, 1.82) is 0 Å². The first kappa shape index (κ1) is 13.7. The molecule has 0 aliphatic heterocycles. The molecule has 0 fully saturated rings. The van der Waals surface area contributed by atoms with E-state index in [-0.39, 0.29) is 0 Å². The van der Waals surface area contributed by atoms with Crippen molar-refractivity contribution in [3.8, 4) is 23.8 Å². The van der Waals surface area contributed by atoms with Gasteiger partial charge >= 0.3 is 5.97 Å². The molecule has 0 aliphatic carbocycles. The van der Waals surface area contributed by atoms with E-state index in [0.29, 0.717) is 11.3 Å². The molecule has 3 nitrogen and oxygen atoms in total. The fourth-order valence-electron chi connectivity index (χ4n) is 1.73. The second-order valence-electron chi connectivity index (χ2n) is 4.14. The van der Waals surface area contributed by atoms with Gasteiger partial charge in [0.2, 0.25) is 0 Å². The molecule has 2 aromatic rings. The molecule has 0 N–H and O–H groups in total. The van der Waals surface area contributed by atoms with E-state index < -0.39 is 12.1 Å². The van der Waals surface area contributed by atoms with E-state index in [0.717, 1.165) is 5.75 Å². The van der Waals surface area contributed by atoms with E-state index in [9.17, 15) is 4.79 Å². The lowest BCUT2D eigenvalue weighted by Crippen LogP contribution is -2.06. The maximum absolute atomic E-state index is 11.0. The van der Waals surface area contributed by atoms with Gasteiger partial charge in [-0.25, -0.2) is 0 Å². The molecule has 0 aliphatic rings. The minimum absolute atomic E-state index is 0.415. The summed E-state index contributed by atoms with van der Waals surface area (Å²) in [6, 6.07) is 16.6. The number of para-hydroxylation sites is 1. The predicted octanol–water partition coefficient (Wildman–Crippen LogP) is 3.72.